The second-order valence-electron chi connectivity index (χ2n) is 9.24. The Morgan fingerprint density at radius 1 is 1.26 bits per heavy atom. The minimum Gasteiger partial charge on any atom is -0.393 e. The molecule has 0 spiro atoms. The Kier molecular flexibility index (Phi) is 7.53. The van der Waals surface area contributed by atoms with Gasteiger partial charge in [0.1, 0.15) is 18.2 Å². The van der Waals surface area contributed by atoms with Gasteiger partial charge in [-0.05, 0) is 59.5 Å². The summed E-state index contributed by atoms with van der Waals surface area (Å²) in [6, 6.07) is 3.67. The second kappa shape index (κ2) is 10.7. The Labute approximate surface area is 221 Å². The zero-order valence-corrected chi connectivity index (χ0v) is 21.5. The van der Waals surface area contributed by atoms with Crippen LogP contribution >= 0.6 is 11.3 Å². The predicted molar refractivity (Wildman–Crippen MR) is 133 cm³/mol. The number of carbonyl (C=O) groups is 1. The molecule has 0 saturated heterocycles. The average molecular weight is 567 g/mol. The van der Waals surface area contributed by atoms with Crippen molar-refractivity contribution < 1.29 is 36.0 Å². The number of aromatic nitrogens is 2. The average Bonchev–Trinajstić information content (AvgIpc) is 3.49. The first-order valence-corrected chi connectivity index (χ1v) is 14.1. The van der Waals surface area contributed by atoms with Crippen molar-refractivity contribution in [1.82, 2.24) is 9.97 Å². The number of nitrogens with two attached hydrogens (primary N) is 1. The van der Waals surface area contributed by atoms with Gasteiger partial charge in [-0.3, -0.25) is 8.98 Å². The van der Waals surface area contributed by atoms with E-state index in [4.69, 9.17) is 9.88 Å². The highest BCUT2D eigenvalue weighted by Crippen LogP contribution is 2.37. The topological polar surface area (TPSA) is 154 Å². The van der Waals surface area contributed by atoms with E-state index >= 15 is 0 Å². The highest BCUT2D eigenvalue weighted by Gasteiger charge is 2.35. The van der Waals surface area contributed by atoms with Crippen LogP contribution in [-0.4, -0.2) is 54.6 Å². The zero-order valence-electron chi connectivity index (χ0n) is 19.8. The van der Waals surface area contributed by atoms with Crippen LogP contribution in [0.2, 0.25) is 0 Å². The fraction of sp³-hybridized carbons (Fsp3) is 0.375. The molecule has 0 bridgehead atoms. The second-order valence-corrected chi connectivity index (χ2v) is 11.4. The van der Waals surface area contributed by atoms with Gasteiger partial charge < -0.3 is 15.2 Å². The molecular weight excluding hydrogens is 542 g/mol. The largest absolute Gasteiger partial charge is 0.393 e. The summed E-state index contributed by atoms with van der Waals surface area (Å²) < 4.78 is 60.3. The minimum absolute atomic E-state index is 0.206. The fourth-order valence-corrected chi connectivity index (χ4v) is 6.08. The minimum atomic E-state index is -4.13. The molecule has 3 heterocycles. The molecule has 10 nitrogen and oxygen atoms in total. The molecule has 1 aliphatic heterocycles. The maximum absolute atomic E-state index is 13.9. The van der Waals surface area contributed by atoms with Gasteiger partial charge in [0.15, 0.2) is 11.6 Å². The standard InChI is InChI=1S/C24H24F2N4O6S2/c25-18-4-12-1-2-35-23(16(12)7-19(18)26)14-5-21(37-10-14)22(32)17-8-28-11-29-24(17)30-15-3-13(20(31)6-15)9-36-38(27,33)34/h4-5,7-8,10-11,13,15,20,23,31H,1-3,6,9H2,(H2,27,33,34)(H,28,29,30)/t13-,15-,20+,23-/m1/s1. The van der Waals surface area contributed by atoms with Crippen molar-refractivity contribution in [3.05, 3.63) is 74.9 Å². The van der Waals surface area contributed by atoms with Crippen LogP contribution in [0.15, 0.2) is 36.1 Å². The molecule has 4 N–H and O–H groups in total. The third kappa shape index (κ3) is 5.75. The lowest BCUT2D eigenvalue weighted by molar-refractivity contribution is 0.0695. The molecule has 202 valence electrons. The number of benzene rings is 1. The number of nitrogens with zero attached hydrogens (tertiary/aromatic N) is 2. The summed E-state index contributed by atoms with van der Waals surface area (Å²) in [4.78, 5) is 22.0. The Morgan fingerprint density at radius 2 is 2.05 bits per heavy atom. The summed E-state index contributed by atoms with van der Waals surface area (Å²) in [6.07, 6.45) is 2.32. The third-order valence-corrected chi connectivity index (χ3v) is 8.08. The van der Waals surface area contributed by atoms with Gasteiger partial charge in [0.05, 0.1) is 29.8 Å². The molecule has 0 amide bonds. The van der Waals surface area contributed by atoms with Gasteiger partial charge in [-0.25, -0.2) is 23.9 Å². The van der Waals surface area contributed by atoms with E-state index in [1.54, 1.807) is 11.4 Å². The monoisotopic (exact) mass is 566 g/mol. The van der Waals surface area contributed by atoms with E-state index in [0.29, 0.717) is 41.0 Å². The Hall–Kier alpha value is -2.88. The molecule has 5 rings (SSSR count). The van der Waals surface area contributed by atoms with E-state index in [-0.39, 0.29) is 36.2 Å². The summed E-state index contributed by atoms with van der Waals surface area (Å²) in [5.41, 5.74) is 2.04. The summed E-state index contributed by atoms with van der Waals surface area (Å²) in [5.74, 6) is -2.42. The van der Waals surface area contributed by atoms with Gasteiger partial charge in [-0.15, -0.1) is 11.3 Å². The highest BCUT2D eigenvalue weighted by atomic mass is 32.2. The van der Waals surface area contributed by atoms with Crippen molar-refractivity contribution in [3.63, 3.8) is 0 Å². The quantitative estimate of drug-likeness (QED) is 0.349. The van der Waals surface area contributed by atoms with Gasteiger partial charge >= 0.3 is 10.3 Å². The van der Waals surface area contributed by atoms with Crippen LogP contribution in [0.3, 0.4) is 0 Å². The lowest BCUT2D eigenvalue weighted by Crippen LogP contribution is -2.24. The fourth-order valence-electron chi connectivity index (χ4n) is 4.84. The SMILES string of the molecule is NS(=O)(=O)OC[C@H]1C[C@@H](Nc2ncncc2C(=O)c2cc([C@H]3OCCc4cc(F)c(F)cc43)cs2)C[C@@H]1O. The normalized spacial score (nSPS) is 23.3. The number of ketones is 1. The number of thiophene rings is 1. The Morgan fingerprint density at radius 3 is 2.84 bits per heavy atom. The lowest BCUT2D eigenvalue weighted by Gasteiger charge is -2.25. The van der Waals surface area contributed by atoms with Crippen molar-refractivity contribution in [1.29, 1.82) is 0 Å². The molecule has 0 unspecified atom stereocenters. The van der Waals surface area contributed by atoms with E-state index in [9.17, 15) is 27.1 Å². The number of carbonyl (C=O) groups excluding carboxylic acids is 1. The molecule has 14 heteroatoms. The number of aliphatic hydroxyl groups excluding tert-OH is 1. The van der Waals surface area contributed by atoms with Crippen LogP contribution in [0.25, 0.3) is 0 Å². The first-order chi connectivity index (χ1) is 18.1. The van der Waals surface area contributed by atoms with Crippen LogP contribution in [-0.2, 0) is 25.6 Å². The number of hydrogen-bond acceptors (Lipinski definition) is 10. The lowest BCUT2D eigenvalue weighted by atomic mass is 9.93. The first-order valence-electron chi connectivity index (χ1n) is 11.7. The molecule has 1 fully saturated rings. The van der Waals surface area contributed by atoms with E-state index < -0.39 is 40.1 Å². The summed E-state index contributed by atoms with van der Waals surface area (Å²) in [5, 5.41) is 20.1. The van der Waals surface area contributed by atoms with Gasteiger partial charge in [0.2, 0.25) is 5.78 Å². The maximum Gasteiger partial charge on any atom is 0.333 e. The number of anilines is 1. The smallest absolute Gasteiger partial charge is 0.333 e. The molecule has 1 aromatic carbocycles. The molecule has 0 radical (unpaired) electrons. The zero-order chi connectivity index (χ0) is 27.0. The molecule has 4 atom stereocenters. The van der Waals surface area contributed by atoms with Crippen LogP contribution in [0.5, 0.6) is 0 Å². The molecule has 3 aromatic rings. The first kappa shape index (κ1) is 26.7. The number of ether oxygens (including phenoxy) is 1. The maximum atomic E-state index is 13.9. The number of hydrogen-bond donors (Lipinski definition) is 3. The van der Waals surface area contributed by atoms with E-state index in [2.05, 4.69) is 19.5 Å². The molecule has 2 aliphatic rings. The molecule has 38 heavy (non-hydrogen) atoms. The van der Waals surface area contributed by atoms with Crippen LogP contribution < -0.4 is 10.5 Å². The number of halogens is 2. The van der Waals surface area contributed by atoms with Crippen molar-refractivity contribution in [2.75, 3.05) is 18.5 Å². The van der Waals surface area contributed by atoms with Gasteiger partial charge in [0, 0.05) is 18.2 Å². The van der Waals surface area contributed by atoms with Crippen molar-refractivity contribution >= 4 is 33.2 Å². The predicted octanol–water partition coefficient (Wildman–Crippen LogP) is 2.48. The van der Waals surface area contributed by atoms with E-state index in [0.717, 1.165) is 6.07 Å². The molecule has 2 aromatic heterocycles. The van der Waals surface area contributed by atoms with Gasteiger partial charge in [0.25, 0.3) is 0 Å². The summed E-state index contributed by atoms with van der Waals surface area (Å²) >= 11 is 1.18. The van der Waals surface area contributed by atoms with Crippen LogP contribution in [0.4, 0.5) is 14.6 Å². The third-order valence-electron chi connectivity index (χ3n) is 6.67. The van der Waals surface area contributed by atoms with Crippen molar-refractivity contribution in [2.24, 2.45) is 11.1 Å². The number of nitrogens with one attached hydrogen (secondary N) is 1. The number of rotatable bonds is 8. The number of aliphatic hydroxyl groups is 1. The van der Waals surface area contributed by atoms with Gasteiger partial charge in [-0.2, -0.15) is 8.42 Å². The Bertz CT molecular complexity index is 1470. The van der Waals surface area contributed by atoms with Crippen molar-refractivity contribution in [2.45, 2.75) is 37.5 Å². The van der Waals surface area contributed by atoms with Gasteiger partial charge in [-0.1, -0.05) is 0 Å². The molecular formula is C24H24F2N4O6S2. The Balaban J connectivity index is 1.32. The highest BCUT2D eigenvalue weighted by molar-refractivity contribution is 7.84. The summed E-state index contributed by atoms with van der Waals surface area (Å²) in [7, 11) is -4.13. The molecule has 1 saturated carbocycles. The van der Waals surface area contributed by atoms with E-state index in [1.165, 1.54) is 29.9 Å². The van der Waals surface area contributed by atoms with Crippen LogP contribution in [0.1, 0.15) is 50.9 Å². The number of fused-ring (bicyclic) bond motifs is 1. The van der Waals surface area contributed by atoms with Crippen molar-refractivity contribution in [3.8, 4) is 0 Å². The van der Waals surface area contributed by atoms with Crippen LogP contribution in [0, 0.1) is 17.6 Å². The molecule has 1 aliphatic carbocycles. The summed E-state index contributed by atoms with van der Waals surface area (Å²) in [6.45, 7) is 0.0769. The van der Waals surface area contributed by atoms with E-state index in [1.807, 2.05) is 0 Å².